The van der Waals surface area contributed by atoms with Gasteiger partial charge >= 0.3 is 0 Å². The van der Waals surface area contributed by atoms with Crippen molar-refractivity contribution in [2.45, 2.75) is 32.3 Å². The second-order valence-corrected chi connectivity index (χ2v) is 5.74. The highest BCUT2D eigenvalue weighted by Crippen LogP contribution is 2.43. The Morgan fingerprint density at radius 1 is 1.53 bits per heavy atom. The predicted molar refractivity (Wildman–Crippen MR) is 67.6 cm³/mol. The predicted octanol–water partition coefficient (Wildman–Crippen LogP) is 2.83. The molecule has 1 N–H and O–H groups in total. The first-order valence-electron chi connectivity index (χ1n) is 6.27. The average molecular weight is 253 g/mol. The average Bonchev–Trinajstić information content (AvgIpc) is 2.82. The summed E-state index contributed by atoms with van der Waals surface area (Å²) in [5.74, 6) is 2.09. The maximum absolute atomic E-state index is 10.1. The lowest BCUT2D eigenvalue weighted by Crippen LogP contribution is -2.14. The summed E-state index contributed by atoms with van der Waals surface area (Å²) in [4.78, 5) is 0. The van der Waals surface area contributed by atoms with Gasteiger partial charge in [-0.15, -0.1) is 0 Å². The fraction of sp³-hybridized carbons (Fsp3) is 0.571. The van der Waals surface area contributed by atoms with Crippen LogP contribution < -0.4 is 4.74 Å². The minimum absolute atomic E-state index is 0.253. The van der Waals surface area contributed by atoms with Crippen LogP contribution in [-0.4, -0.2) is 17.8 Å². The van der Waals surface area contributed by atoms with E-state index >= 15 is 0 Å². The van der Waals surface area contributed by atoms with Gasteiger partial charge in [-0.3, -0.25) is 0 Å². The van der Waals surface area contributed by atoms with Crippen molar-refractivity contribution in [2.24, 2.45) is 11.8 Å². The van der Waals surface area contributed by atoms with Crippen LogP contribution in [0.5, 0.6) is 5.75 Å². The van der Waals surface area contributed by atoms with Gasteiger partial charge in [-0.25, -0.2) is 0 Å². The standard InChI is InChI=1S/C14H17ClO2/c1-8-4-12(8)13(16)7-10-6-11(15)5-9-2-3-17-14(9)10/h5-6,8,12-13,16H,2-4,7H2,1H3. The zero-order valence-electron chi connectivity index (χ0n) is 9.95. The first-order chi connectivity index (χ1) is 8.15. The molecular formula is C14H17ClO2. The summed E-state index contributed by atoms with van der Waals surface area (Å²) >= 11 is 6.10. The molecule has 1 fully saturated rings. The Labute approximate surface area is 107 Å². The smallest absolute Gasteiger partial charge is 0.126 e. The molecule has 2 aliphatic rings. The van der Waals surface area contributed by atoms with E-state index in [0.29, 0.717) is 18.3 Å². The number of aliphatic hydroxyl groups is 1. The third kappa shape index (κ3) is 2.16. The highest BCUT2D eigenvalue weighted by atomic mass is 35.5. The van der Waals surface area contributed by atoms with Crippen molar-refractivity contribution >= 4 is 11.6 Å². The molecule has 0 amide bonds. The molecule has 1 aliphatic heterocycles. The lowest BCUT2D eigenvalue weighted by molar-refractivity contribution is 0.145. The molecular weight excluding hydrogens is 236 g/mol. The molecule has 1 aliphatic carbocycles. The van der Waals surface area contributed by atoms with E-state index in [0.717, 1.165) is 35.8 Å². The molecule has 0 saturated heterocycles. The molecule has 0 spiro atoms. The van der Waals surface area contributed by atoms with Gasteiger partial charge in [0.2, 0.25) is 0 Å². The monoisotopic (exact) mass is 252 g/mol. The van der Waals surface area contributed by atoms with Crippen molar-refractivity contribution in [3.8, 4) is 5.75 Å². The van der Waals surface area contributed by atoms with Gasteiger partial charge in [0.05, 0.1) is 12.7 Å². The van der Waals surface area contributed by atoms with Crippen LogP contribution in [0.4, 0.5) is 0 Å². The Kier molecular flexibility index (Phi) is 2.80. The van der Waals surface area contributed by atoms with Crippen molar-refractivity contribution in [3.63, 3.8) is 0 Å². The summed E-state index contributed by atoms with van der Waals surface area (Å²) in [6, 6.07) is 3.90. The number of ether oxygens (including phenoxy) is 1. The Morgan fingerprint density at radius 2 is 2.29 bits per heavy atom. The first-order valence-corrected chi connectivity index (χ1v) is 6.65. The molecule has 0 bridgehead atoms. The van der Waals surface area contributed by atoms with Crippen LogP contribution in [0.25, 0.3) is 0 Å². The van der Waals surface area contributed by atoms with Crippen LogP contribution in [0, 0.1) is 11.8 Å². The third-order valence-electron chi connectivity index (χ3n) is 3.92. The normalized spacial score (nSPS) is 27.5. The minimum Gasteiger partial charge on any atom is -0.493 e. The Morgan fingerprint density at radius 3 is 3.00 bits per heavy atom. The molecule has 92 valence electrons. The van der Waals surface area contributed by atoms with Crippen molar-refractivity contribution in [2.75, 3.05) is 6.61 Å². The van der Waals surface area contributed by atoms with Crippen molar-refractivity contribution in [1.29, 1.82) is 0 Å². The number of rotatable bonds is 3. The molecule has 0 aromatic heterocycles. The van der Waals surface area contributed by atoms with Gasteiger partial charge in [-0.05, 0) is 41.5 Å². The van der Waals surface area contributed by atoms with Gasteiger partial charge in [-0.1, -0.05) is 18.5 Å². The van der Waals surface area contributed by atoms with Gasteiger partial charge < -0.3 is 9.84 Å². The van der Waals surface area contributed by atoms with Crippen molar-refractivity contribution in [3.05, 3.63) is 28.3 Å². The number of hydrogen-bond donors (Lipinski definition) is 1. The minimum atomic E-state index is -0.253. The molecule has 0 radical (unpaired) electrons. The van der Waals surface area contributed by atoms with Crippen LogP contribution in [0.2, 0.25) is 5.02 Å². The first kappa shape index (κ1) is 11.4. The summed E-state index contributed by atoms with van der Waals surface area (Å²) in [5.41, 5.74) is 2.25. The molecule has 3 rings (SSSR count). The fourth-order valence-electron chi connectivity index (χ4n) is 2.76. The number of fused-ring (bicyclic) bond motifs is 1. The summed E-state index contributed by atoms with van der Waals surface area (Å²) in [6.07, 6.45) is 2.48. The quantitative estimate of drug-likeness (QED) is 0.897. The van der Waals surface area contributed by atoms with E-state index in [9.17, 15) is 5.11 Å². The highest BCUT2D eigenvalue weighted by Gasteiger charge is 2.39. The number of benzene rings is 1. The summed E-state index contributed by atoms with van der Waals surface area (Å²) in [7, 11) is 0. The molecule has 17 heavy (non-hydrogen) atoms. The maximum Gasteiger partial charge on any atom is 0.126 e. The van der Waals surface area contributed by atoms with Gasteiger partial charge in [0.1, 0.15) is 5.75 Å². The number of hydrogen-bond acceptors (Lipinski definition) is 2. The van der Waals surface area contributed by atoms with E-state index in [4.69, 9.17) is 16.3 Å². The fourth-order valence-corrected chi connectivity index (χ4v) is 3.02. The van der Waals surface area contributed by atoms with E-state index in [1.165, 1.54) is 5.56 Å². The highest BCUT2D eigenvalue weighted by molar-refractivity contribution is 6.30. The second kappa shape index (κ2) is 4.18. The summed E-state index contributed by atoms with van der Waals surface area (Å²) < 4.78 is 5.64. The molecule has 1 heterocycles. The summed E-state index contributed by atoms with van der Waals surface area (Å²) in [6.45, 7) is 2.92. The van der Waals surface area contributed by atoms with Crippen LogP contribution in [0.15, 0.2) is 12.1 Å². The van der Waals surface area contributed by atoms with E-state index in [1.807, 2.05) is 12.1 Å². The Balaban J connectivity index is 1.82. The lowest BCUT2D eigenvalue weighted by atomic mass is 10.00. The van der Waals surface area contributed by atoms with Crippen LogP contribution >= 0.6 is 11.6 Å². The molecule has 1 saturated carbocycles. The van der Waals surface area contributed by atoms with Gasteiger partial charge in [-0.2, -0.15) is 0 Å². The van der Waals surface area contributed by atoms with Gasteiger partial charge in [0, 0.05) is 17.9 Å². The van der Waals surface area contributed by atoms with Crippen LogP contribution in [0.1, 0.15) is 24.5 Å². The van der Waals surface area contributed by atoms with Crippen molar-refractivity contribution < 1.29 is 9.84 Å². The number of aliphatic hydroxyl groups excluding tert-OH is 1. The van der Waals surface area contributed by atoms with Crippen molar-refractivity contribution in [1.82, 2.24) is 0 Å². The van der Waals surface area contributed by atoms with E-state index in [1.54, 1.807) is 0 Å². The molecule has 3 unspecified atom stereocenters. The number of halogens is 1. The largest absolute Gasteiger partial charge is 0.493 e. The van der Waals surface area contributed by atoms with E-state index < -0.39 is 0 Å². The lowest BCUT2D eigenvalue weighted by Gasteiger charge is -2.13. The molecule has 1 aromatic carbocycles. The second-order valence-electron chi connectivity index (χ2n) is 5.30. The van der Waals surface area contributed by atoms with Crippen LogP contribution in [0.3, 0.4) is 0 Å². The zero-order chi connectivity index (χ0) is 12.0. The summed E-state index contributed by atoms with van der Waals surface area (Å²) in [5, 5.41) is 10.9. The Hall–Kier alpha value is -0.730. The van der Waals surface area contributed by atoms with Gasteiger partial charge in [0.15, 0.2) is 0 Å². The SMILES string of the molecule is CC1CC1C(O)Cc1cc(Cl)cc2c1OCC2. The van der Waals surface area contributed by atoms with E-state index in [-0.39, 0.29) is 6.10 Å². The Bertz CT molecular complexity index is 444. The molecule has 1 aromatic rings. The zero-order valence-corrected chi connectivity index (χ0v) is 10.7. The van der Waals surface area contributed by atoms with E-state index in [2.05, 4.69) is 6.92 Å². The molecule has 3 heteroatoms. The maximum atomic E-state index is 10.1. The molecule has 2 nitrogen and oxygen atoms in total. The molecule has 3 atom stereocenters. The van der Waals surface area contributed by atoms with Crippen LogP contribution in [-0.2, 0) is 12.8 Å². The topological polar surface area (TPSA) is 29.5 Å². The third-order valence-corrected chi connectivity index (χ3v) is 4.14. The van der Waals surface area contributed by atoms with Gasteiger partial charge in [0.25, 0.3) is 0 Å².